The van der Waals surface area contributed by atoms with E-state index in [9.17, 15) is 13.2 Å². The molecule has 1 aromatic heterocycles. The first-order valence-corrected chi connectivity index (χ1v) is 7.81. The van der Waals surface area contributed by atoms with Crippen LogP contribution in [0.2, 0.25) is 0 Å². The number of aromatic amines is 1. The molecule has 2 N–H and O–H groups in total. The lowest BCUT2D eigenvalue weighted by Crippen LogP contribution is -2.35. The van der Waals surface area contributed by atoms with Gasteiger partial charge in [-0.05, 0) is 56.5 Å². The summed E-state index contributed by atoms with van der Waals surface area (Å²) in [5, 5.41) is 3.40. The maximum atomic E-state index is 12.8. The molecule has 0 saturated carbocycles. The van der Waals surface area contributed by atoms with E-state index in [4.69, 9.17) is 0 Å². The molecule has 3 nitrogen and oxygen atoms in total. The van der Waals surface area contributed by atoms with Gasteiger partial charge in [-0.25, -0.2) is 4.98 Å². The number of hydrogen-bond acceptors (Lipinski definition) is 2. The van der Waals surface area contributed by atoms with Crippen LogP contribution in [0.4, 0.5) is 13.2 Å². The molecule has 0 spiro atoms. The Bertz CT molecular complexity index is 697. The van der Waals surface area contributed by atoms with Crippen LogP contribution in [0, 0.1) is 6.92 Å². The van der Waals surface area contributed by atoms with Crippen LogP contribution in [0.1, 0.15) is 42.6 Å². The van der Waals surface area contributed by atoms with E-state index >= 15 is 0 Å². The van der Waals surface area contributed by atoms with Gasteiger partial charge in [-0.15, -0.1) is 12.4 Å². The average molecular weight is 360 g/mol. The summed E-state index contributed by atoms with van der Waals surface area (Å²) in [6, 6.07) is 4.65. The number of aromatic nitrogens is 2. The number of piperidine rings is 1. The minimum atomic E-state index is -4.31. The van der Waals surface area contributed by atoms with Crippen molar-refractivity contribution in [1.29, 1.82) is 0 Å². The number of hydrogen-bond donors (Lipinski definition) is 2. The Kier molecular flexibility index (Phi) is 5.60. The number of alkyl halides is 3. The summed E-state index contributed by atoms with van der Waals surface area (Å²) in [6.07, 6.45) is -0.570. The Labute approximate surface area is 145 Å². The van der Waals surface area contributed by atoms with Crippen LogP contribution in [-0.2, 0) is 6.18 Å². The number of aryl methyl sites for hydroxylation is 1. The van der Waals surface area contributed by atoms with Crippen LogP contribution in [0.25, 0.3) is 11.3 Å². The molecule has 2 aromatic rings. The fraction of sp³-hybridized carbons (Fsp3) is 0.471. The first-order valence-electron chi connectivity index (χ1n) is 7.81. The quantitative estimate of drug-likeness (QED) is 0.817. The topological polar surface area (TPSA) is 40.7 Å². The minimum absolute atomic E-state index is 0. The predicted octanol–water partition coefficient (Wildman–Crippen LogP) is 4.68. The van der Waals surface area contributed by atoms with E-state index in [1.165, 1.54) is 13.0 Å². The molecule has 1 aromatic carbocycles. The number of rotatable bonds is 2. The Morgan fingerprint density at radius 1 is 1.25 bits per heavy atom. The molecule has 2 heterocycles. The van der Waals surface area contributed by atoms with Gasteiger partial charge in [0.25, 0.3) is 0 Å². The van der Waals surface area contributed by atoms with E-state index in [1.54, 1.807) is 12.3 Å². The van der Waals surface area contributed by atoms with Crippen molar-refractivity contribution in [2.45, 2.75) is 44.8 Å². The first-order chi connectivity index (χ1) is 10.8. The third-order valence-electron chi connectivity index (χ3n) is 4.45. The number of halogens is 4. The Balaban J connectivity index is 0.00000208. The fourth-order valence-corrected chi connectivity index (χ4v) is 3.22. The maximum absolute atomic E-state index is 12.8. The Hall–Kier alpha value is -1.53. The van der Waals surface area contributed by atoms with Gasteiger partial charge in [-0.1, -0.05) is 6.07 Å². The van der Waals surface area contributed by atoms with Crippen LogP contribution in [0.3, 0.4) is 0 Å². The van der Waals surface area contributed by atoms with Gasteiger partial charge in [-0.2, -0.15) is 13.2 Å². The molecule has 24 heavy (non-hydrogen) atoms. The molecule has 0 amide bonds. The molecule has 2 unspecified atom stereocenters. The van der Waals surface area contributed by atoms with E-state index in [1.807, 2.05) is 0 Å². The van der Waals surface area contributed by atoms with Crippen LogP contribution in [0.15, 0.2) is 24.4 Å². The SMILES string of the molecule is Cc1cc(-c2cnc(C3CCNC(C)C3)[nH]2)ccc1C(F)(F)F.Cl. The largest absolute Gasteiger partial charge is 0.416 e. The van der Waals surface area contributed by atoms with Crippen molar-refractivity contribution in [3.05, 3.63) is 41.3 Å². The summed E-state index contributed by atoms with van der Waals surface area (Å²) in [4.78, 5) is 7.73. The minimum Gasteiger partial charge on any atom is -0.342 e. The van der Waals surface area contributed by atoms with Crippen molar-refractivity contribution >= 4 is 12.4 Å². The van der Waals surface area contributed by atoms with E-state index in [2.05, 4.69) is 22.2 Å². The normalized spacial score (nSPS) is 21.4. The number of nitrogens with one attached hydrogen (secondary N) is 2. The van der Waals surface area contributed by atoms with Crippen molar-refractivity contribution in [3.63, 3.8) is 0 Å². The van der Waals surface area contributed by atoms with Crippen molar-refractivity contribution in [3.8, 4) is 11.3 Å². The Morgan fingerprint density at radius 2 is 2.00 bits per heavy atom. The van der Waals surface area contributed by atoms with E-state index < -0.39 is 11.7 Å². The highest BCUT2D eigenvalue weighted by molar-refractivity contribution is 5.85. The molecular weight excluding hydrogens is 339 g/mol. The second-order valence-electron chi connectivity index (χ2n) is 6.29. The van der Waals surface area contributed by atoms with Crippen molar-refractivity contribution in [2.75, 3.05) is 6.54 Å². The molecular formula is C17H21ClF3N3. The molecule has 3 rings (SSSR count). The molecule has 1 saturated heterocycles. The standard InChI is InChI=1S/C17H20F3N3.ClH/c1-10-7-12(3-4-14(10)17(18,19)20)15-9-22-16(23-15)13-5-6-21-11(2)8-13;/h3-4,7,9,11,13,21H,5-6,8H2,1-2H3,(H,22,23);1H. The summed E-state index contributed by atoms with van der Waals surface area (Å²) >= 11 is 0. The van der Waals surface area contributed by atoms with Gasteiger partial charge in [-0.3, -0.25) is 0 Å². The van der Waals surface area contributed by atoms with E-state index in [-0.39, 0.29) is 18.0 Å². The molecule has 1 fully saturated rings. The molecule has 0 bridgehead atoms. The molecule has 1 aliphatic heterocycles. The number of H-pyrrole nitrogens is 1. The maximum Gasteiger partial charge on any atom is 0.416 e. The summed E-state index contributed by atoms with van der Waals surface area (Å²) in [5.41, 5.74) is 1.13. The van der Waals surface area contributed by atoms with Crippen molar-refractivity contribution in [1.82, 2.24) is 15.3 Å². The van der Waals surface area contributed by atoms with Crippen LogP contribution >= 0.6 is 12.4 Å². The molecule has 0 aliphatic carbocycles. The summed E-state index contributed by atoms with van der Waals surface area (Å²) in [7, 11) is 0. The molecule has 1 aliphatic rings. The summed E-state index contributed by atoms with van der Waals surface area (Å²) < 4.78 is 38.5. The van der Waals surface area contributed by atoms with Gasteiger partial charge >= 0.3 is 6.18 Å². The zero-order chi connectivity index (χ0) is 16.6. The highest BCUT2D eigenvalue weighted by Gasteiger charge is 2.32. The lowest BCUT2D eigenvalue weighted by molar-refractivity contribution is -0.138. The van der Waals surface area contributed by atoms with Gasteiger partial charge in [0.05, 0.1) is 17.5 Å². The van der Waals surface area contributed by atoms with E-state index in [0.29, 0.717) is 12.0 Å². The van der Waals surface area contributed by atoms with Gasteiger partial charge < -0.3 is 10.3 Å². The lowest BCUT2D eigenvalue weighted by atomic mass is 9.93. The number of nitrogens with zero attached hydrogens (tertiary/aromatic N) is 1. The molecule has 0 radical (unpaired) electrons. The van der Waals surface area contributed by atoms with Crippen LogP contribution < -0.4 is 5.32 Å². The Morgan fingerprint density at radius 3 is 2.62 bits per heavy atom. The summed E-state index contributed by atoms with van der Waals surface area (Å²) in [6.45, 7) is 4.59. The highest BCUT2D eigenvalue weighted by atomic mass is 35.5. The smallest absolute Gasteiger partial charge is 0.342 e. The van der Waals surface area contributed by atoms with E-state index in [0.717, 1.165) is 42.5 Å². The fourth-order valence-electron chi connectivity index (χ4n) is 3.22. The molecule has 132 valence electrons. The predicted molar refractivity (Wildman–Crippen MR) is 90.5 cm³/mol. The number of benzene rings is 1. The average Bonchev–Trinajstić information content (AvgIpc) is 2.95. The second-order valence-corrected chi connectivity index (χ2v) is 6.29. The zero-order valence-electron chi connectivity index (χ0n) is 13.6. The van der Waals surface area contributed by atoms with Gasteiger partial charge in [0, 0.05) is 12.0 Å². The molecule has 7 heteroatoms. The van der Waals surface area contributed by atoms with Crippen molar-refractivity contribution in [2.24, 2.45) is 0 Å². The third kappa shape index (κ3) is 3.92. The summed E-state index contributed by atoms with van der Waals surface area (Å²) in [5.74, 6) is 1.29. The van der Waals surface area contributed by atoms with Crippen LogP contribution in [-0.4, -0.2) is 22.6 Å². The highest BCUT2D eigenvalue weighted by Crippen LogP contribution is 2.34. The third-order valence-corrected chi connectivity index (χ3v) is 4.45. The second kappa shape index (κ2) is 7.15. The monoisotopic (exact) mass is 359 g/mol. The zero-order valence-corrected chi connectivity index (χ0v) is 14.4. The molecule has 2 atom stereocenters. The van der Waals surface area contributed by atoms with Crippen molar-refractivity contribution < 1.29 is 13.2 Å². The van der Waals surface area contributed by atoms with Gasteiger partial charge in [0.1, 0.15) is 5.82 Å². The van der Waals surface area contributed by atoms with Gasteiger partial charge in [0.15, 0.2) is 0 Å². The van der Waals surface area contributed by atoms with Gasteiger partial charge in [0.2, 0.25) is 0 Å². The first kappa shape index (κ1) is 18.8. The van der Waals surface area contributed by atoms with Crippen LogP contribution in [0.5, 0.6) is 0 Å². The number of imidazole rings is 1. The lowest BCUT2D eigenvalue weighted by Gasteiger charge is -2.26.